The fourth-order valence-electron chi connectivity index (χ4n) is 3.28. The number of hydrogen-bond acceptors (Lipinski definition) is 3. The van der Waals surface area contributed by atoms with E-state index in [1.807, 2.05) is 13.8 Å². The maximum atomic E-state index is 13.2. The van der Waals surface area contributed by atoms with Gasteiger partial charge in [-0.15, -0.1) is 0 Å². The smallest absolute Gasteiger partial charge is 0.312 e. The molecule has 0 unspecified atom stereocenters. The summed E-state index contributed by atoms with van der Waals surface area (Å²) in [6.45, 7) is 6.80. The van der Waals surface area contributed by atoms with Gasteiger partial charge >= 0.3 is 11.8 Å². The van der Waals surface area contributed by atoms with E-state index in [4.69, 9.17) is 0 Å². The number of aryl methyl sites for hydroxylation is 1. The molecule has 0 aliphatic carbocycles. The fourth-order valence-corrected chi connectivity index (χ4v) is 3.28. The van der Waals surface area contributed by atoms with Gasteiger partial charge in [-0.3, -0.25) is 14.4 Å². The summed E-state index contributed by atoms with van der Waals surface area (Å²) in [5.74, 6) is -1.63. The van der Waals surface area contributed by atoms with Gasteiger partial charge in [0.05, 0.1) is 0 Å². The van der Waals surface area contributed by atoms with Crippen LogP contribution < -0.4 is 5.32 Å². The van der Waals surface area contributed by atoms with Crippen LogP contribution in [0.4, 0.5) is 10.1 Å². The Morgan fingerprint density at radius 1 is 1.07 bits per heavy atom. The summed E-state index contributed by atoms with van der Waals surface area (Å²) >= 11 is 0. The molecule has 1 aliphatic rings. The summed E-state index contributed by atoms with van der Waals surface area (Å²) < 4.78 is 13.2. The lowest BCUT2D eigenvalue weighted by Gasteiger charge is -2.36. The van der Waals surface area contributed by atoms with Crippen molar-refractivity contribution < 1.29 is 18.8 Å². The summed E-state index contributed by atoms with van der Waals surface area (Å²) in [5.41, 5.74) is 2.47. The molecule has 1 heterocycles. The Morgan fingerprint density at radius 3 is 2.38 bits per heavy atom. The van der Waals surface area contributed by atoms with Crippen molar-refractivity contribution in [1.82, 2.24) is 9.80 Å². The average molecular weight is 397 g/mol. The second-order valence-electron chi connectivity index (χ2n) is 7.43. The lowest BCUT2D eigenvalue weighted by atomic mass is 10.1. The van der Waals surface area contributed by atoms with Crippen LogP contribution in [0.5, 0.6) is 0 Å². The van der Waals surface area contributed by atoms with E-state index < -0.39 is 11.8 Å². The molecule has 0 atom stereocenters. The number of hydrogen-bond donors (Lipinski definition) is 1. The summed E-state index contributed by atoms with van der Waals surface area (Å²) in [4.78, 5) is 40.0. The van der Waals surface area contributed by atoms with Crippen LogP contribution in [0.1, 0.15) is 35.3 Å². The van der Waals surface area contributed by atoms with Crippen molar-refractivity contribution in [2.45, 2.75) is 33.4 Å². The number of halogens is 1. The Bertz CT molecular complexity index is 941. The third-order valence-electron chi connectivity index (χ3n) is 4.99. The SMILES string of the molecule is Cc1cc(F)ccc1NC(=O)c1ccc(CN2CCN(C(C)C)C(=O)C2=O)cc1. The zero-order chi connectivity index (χ0) is 21.1. The minimum Gasteiger partial charge on any atom is -0.330 e. The van der Waals surface area contributed by atoms with Crippen molar-refractivity contribution in [2.75, 3.05) is 18.4 Å². The molecule has 3 amide bonds. The zero-order valence-corrected chi connectivity index (χ0v) is 16.7. The van der Waals surface area contributed by atoms with Gasteiger partial charge in [-0.05, 0) is 62.2 Å². The molecule has 0 radical (unpaired) electrons. The Kier molecular flexibility index (Phi) is 5.96. The second kappa shape index (κ2) is 8.43. The highest BCUT2D eigenvalue weighted by Gasteiger charge is 2.33. The Labute approximate surface area is 169 Å². The summed E-state index contributed by atoms with van der Waals surface area (Å²) in [6.07, 6.45) is 0. The molecule has 2 aromatic carbocycles. The van der Waals surface area contributed by atoms with E-state index in [1.165, 1.54) is 23.1 Å². The normalized spacial score (nSPS) is 14.5. The molecule has 152 valence electrons. The van der Waals surface area contributed by atoms with Gasteiger partial charge in [-0.1, -0.05) is 12.1 Å². The lowest BCUT2D eigenvalue weighted by molar-refractivity contribution is -0.157. The number of carbonyl (C=O) groups is 3. The summed E-state index contributed by atoms with van der Waals surface area (Å²) in [5, 5.41) is 2.76. The number of anilines is 1. The van der Waals surface area contributed by atoms with Gasteiger partial charge in [0.2, 0.25) is 0 Å². The predicted octanol–water partition coefficient (Wildman–Crippen LogP) is 2.97. The Morgan fingerprint density at radius 2 is 1.76 bits per heavy atom. The van der Waals surface area contributed by atoms with Crippen LogP contribution in [-0.4, -0.2) is 46.7 Å². The molecule has 3 rings (SSSR count). The van der Waals surface area contributed by atoms with Gasteiger partial charge in [0, 0.05) is 36.9 Å². The average Bonchev–Trinajstić information content (AvgIpc) is 2.68. The van der Waals surface area contributed by atoms with E-state index in [-0.39, 0.29) is 17.8 Å². The van der Waals surface area contributed by atoms with Gasteiger partial charge in [-0.2, -0.15) is 0 Å². The van der Waals surface area contributed by atoms with Crippen LogP contribution in [0.2, 0.25) is 0 Å². The van der Waals surface area contributed by atoms with Gasteiger partial charge < -0.3 is 15.1 Å². The second-order valence-corrected chi connectivity index (χ2v) is 7.43. The van der Waals surface area contributed by atoms with Crippen LogP contribution in [0, 0.1) is 12.7 Å². The largest absolute Gasteiger partial charge is 0.330 e. The number of piperazine rings is 1. The van der Waals surface area contributed by atoms with Gasteiger partial charge in [0.25, 0.3) is 5.91 Å². The van der Waals surface area contributed by atoms with Gasteiger partial charge in [-0.25, -0.2) is 4.39 Å². The molecule has 1 aliphatic heterocycles. The maximum absolute atomic E-state index is 13.2. The molecular weight excluding hydrogens is 373 g/mol. The standard InChI is InChI=1S/C22H24FN3O3/c1-14(2)26-11-10-25(21(28)22(26)29)13-16-4-6-17(7-5-16)20(27)24-19-9-8-18(23)12-15(19)3/h4-9,12,14H,10-11,13H2,1-3H3,(H,24,27). The molecule has 1 saturated heterocycles. The summed E-state index contributed by atoms with van der Waals surface area (Å²) in [6, 6.07) is 11.0. The van der Waals surface area contributed by atoms with Crippen LogP contribution in [-0.2, 0) is 16.1 Å². The van der Waals surface area contributed by atoms with Crippen molar-refractivity contribution in [1.29, 1.82) is 0 Å². The first-order chi connectivity index (χ1) is 13.8. The molecule has 0 spiro atoms. The monoisotopic (exact) mass is 397 g/mol. The molecule has 7 heteroatoms. The molecule has 29 heavy (non-hydrogen) atoms. The summed E-state index contributed by atoms with van der Waals surface area (Å²) in [7, 11) is 0. The molecule has 1 fully saturated rings. The Balaban J connectivity index is 1.63. The minimum absolute atomic E-state index is 0.00357. The van der Waals surface area contributed by atoms with E-state index >= 15 is 0 Å². The number of rotatable bonds is 5. The molecule has 6 nitrogen and oxygen atoms in total. The molecule has 0 aromatic heterocycles. The molecule has 1 N–H and O–H groups in total. The third kappa shape index (κ3) is 4.62. The number of carbonyl (C=O) groups excluding carboxylic acids is 3. The highest BCUT2D eigenvalue weighted by atomic mass is 19.1. The van der Waals surface area contributed by atoms with Crippen molar-refractivity contribution in [3.63, 3.8) is 0 Å². The van der Waals surface area contributed by atoms with E-state index in [1.54, 1.807) is 36.1 Å². The highest BCUT2D eigenvalue weighted by Crippen LogP contribution is 2.18. The van der Waals surface area contributed by atoms with Gasteiger partial charge in [0.1, 0.15) is 5.82 Å². The van der Waals surface area contributed by atoms with E-state index in [0.717, 1.165) is 5.56 Å². The molecule has 2 aromatic rings. The van der Waals surface area contributed by atoms with Crippen LogP contribution in [0.15, 0.2) is 42.5 Å². The third-order valence-corrected chi connectivity index (χ3v) is 4.99. The quantitative estimate of drug-likeness (QED) is 0.789. The first-order valence-electron chi connectivity index (χ1n) is 9.52. The molecule has 0 saturated carbocycles. The van der Waals surface area contributed by atoms with Crippen molar-refractivity contribution >= 4 is 23.4 Å². The predicted molar refractivity (Wildman–Crippen MR) is 108 cm³/mol. The maximum Gasteiger partial charge on any atom is 0.312 e. The number of nitrogens with zero attached hydrogens (tertiary/aromatic N) is 2. The number of benzene rings is 2. The van der Waals surface area contributed by atoms with E-state index in [0.29, 0.717) is 36.4 Å². The number of amides is 3. The molecule has 0 bridgehead atoms. The van der Waals surface area contributed by atoms with Gasteiger partial charge in [0.15, 0.2) is 0 Å². The minimum atomic E-state index is -0.501. The van der Waals surface area contributed by atoms with E-state index in [2.05, 4.69) is 5.32 Å². The first-order valence-corrected chi connectivity index (χ1v) is 9.52. The van der Waals surface area contributed by atoms with E-state index in [9.17, 15) is 18.8 Å². The fraction of sp³-hybridized carbons (Fsp3) is 0.318. The zero-order valence-electron chi connectivity index (χ0n) is 16.7. The molecular formula is C22H24FN3O3. The topological polar surface area (TPSA) is 69.7 Å². The van der Waals surface area contributed by atoms with Crippen LogP contribution in [0.3, 0.4) is 0 Å². The number of nitrogens with one attached hydrogen (secondary N) is 1. The van der Waals surface area contributed by atoms with Crippen LogP contribution in [0.25, 0.3) is 0 Å². The van der Waals surface area contributed by atoms with Crippen molar-refractivity contribution in [3.05, 3.63) is 65.0 Å². The lowest BCUT2D eigenvalue weighted by Crippen LogP contribution is -2.55. The van der Waals surface area contributed by atoms with Crippen molar-refractivity contribution in [2.24, 2.45) is 0 Å². The Hall–Kier alpha value is -3.22. The van der Waals surface area contributed by atoms with Crippen molar-refractivity contribution in [3.8, 4) is 0 Å². The highest BCUT2D eigenvalue weighted by molar-refractivity contribution is 6.35. The van der Waals surface area contributed by atoms with Crippen LogP contribution >= 0.6 is 0 Å². The first kappa shape index (κ1) is 20.5.